The number of benzene rings is 2. The number of hydrogen-bond acceptors (Lipinski definition) is 5. The zero-order valence-electron chi connectivity index (χ0n) is 16.3. The van der Waals surface area contributed by atoms with Crippen LogP contribution in [0.5, 0.6) is 0 Å². The second-order valence-electron chi connectivity index (χ2n) is 6.91. The number of hydrogen-bond donors (Lipinski definition) is 0. The molecule has 0 fully saturated rings. The Bertz CT molecular complexity index is 989. The monoisotopic (exact) mass is 393 g/mol. The molecule has 0 spiro atoms. The van der Waals surface area contributed by atoms with Crippen LogP contribution >= 0.6 is 11.3 Å². The van der Waals surface area contributed by atoms with E-state index in [9.17, 15) is 9.59 Å². The quantitative estimate of drug-likeness (QED) is 0.396. The van der Waals surface area contributed by atoms with Crippen LogP contribution in [0.4, 0.5) is 0 Å². The Hall–Kier alpha value is -2.79. The third-order valence-electron chi connectivity index (χ3n) is 4.48. The van der Waals surface area contributed by atoms with E-state index >= 15 is 0 Å². The Balaban J connectivity index is 1.50. The average molecular weight is 394 g/mol. The lowest BCUT2D eigenvalue weighted by Crippen LogP contribution is -2.09. The van der Waals surface area contributed by atoms with Crippen LogP contribution in [0.2, 0.25) is 0 Å². The van der Waals surface area contributed by atoms with Gasteiger partial charge in [0.15, 0.2) is 5.78 Å². The highest BCUT2D eigenvalue weighted by molar-refractivity contribution is 7.13. The van der Waals surface area contributed by atoms with Crippen LogP contribution in [-0.2, 0) is 16.1 Å². The Morgan fingerprint density at radius 1 is 0.964 bits per heavy atom. The molecule has 0 aliphatic carbocycles. The maximum atomic E-state index is 12.4. The predicted molar refractivity (Wildman–Crippen MR) is 112 cm³/mol. The number of thiazole rings is 1. The minimum Gasteiger partial charge on any atom is -0.459 e. The minimum atomic E-state index is -0.386. The zero-order valence-corrected chi connectivity index (χ0v) is 17.1. The lowest BCUT2D eigenvalue weighted by Gasteiger charge is -2.06. The van der Waals surface area contributed by atoms with Gasteiger partial charge in [-0.3, -0.25) is 9.59 Å². The minimum absolute atomic E-state index is 0.0338. The van der Waals surface area contributed by atoms with Gasteiger partial charge in [-0.25, -0.2) is 4.98 Å². The Kier molecular flexibility index (Phi) is 6.37. The standard InChI is InChI=1S/C23H23NO3S/c1-15-5-8-18(9-6-15)23-24-19(14-28-23)13-27-22(26)11-10-21(25)20-12-16(2)4-7-17(20)3/h4-9,12,14H,10-11,13H2,1-3H3. The van der Waals surface area contributed by atoms with E-state index in [1.165, 1.54) is 16.9 Å². The number of aryl methyl sites for hydroxylation is 3. The van der Waals surface area contributed by atoms with Gasteiger partial charge in [0.2, 0.25) is 0 Å². The second kappa shape index (κ2) is 8.93. The summed E-state index contributed by atoms with van der Waals surface area (Å²) in [6.45, 7) is 6.02. The summed E-state index contributed by atoms with van der Waals surface area (Å²) in [7, 11) is 0. The summed E-state index contributed by atoms with van der Waals surface area (Å²) in [5.74, 6) is -0.419. The van der Waals surface area contributed by atoms with E-state index in [1.807, 2.05) is 68.6 Å². The number of esters is 1. The molecule has 0 aliphatic rings. The lowest BCUT2D eigenvalue weighted by molar-refractivity contribution is -0.145. The number of carbonyl (C=O) groups is 2. The molecule has 3 rings (SSSR count). The molecule has 0 radical (unpaired) electrons. The molecule has 0 atom stereocenters. The maximum Gasteiger partial charge on any atom is 0.306 e. The second-order valence-corrected chi connectivity index (χ2v) is 7.77. The molecule has 0 saturated carbocycles. The number of aromatic nitrogens is 1. The molecule has 0 amide bonds. The van der Waals surface area contributed by atoms with Crippen LogP contribution in [0.15, 0.2) is 47.8 Å². The molecule has 28 heavy (non-hydrogen) atoms. The molecule has 0 unspecified atom stereocenters. The van der Waals surface area contributed by atoms with Crippen molar-refractivity contribution >= 4 is 23.1 Å². The lowest BCUT2D eigenvalue weighted by atomic mass is 9.99. The summed E-state index contributed by atoms with van der Waals surface area (Å²) in [5.41, 5.74) is 5.60. The van der Waals surface area contributed by atoms with E-state index < -0.39 is 0 Å². The van der Waals surface area contributed by atoms with Gasteiger partial charge in [0, 0.05) is 22.9 Å². The van der Waals surface area contributed by atoms with Gasteiger partial charge in [-0.1, -0.05) is 47.5 Å². The molecule has 144 valence electrons. The molecule has 0 aliphatic heterocycles. The highest BCUT2D eigenvalue weighted by Gasteiger charge is 2.13. The van der Waals surface area contributed by atoms with Gasteiger partial charge in [-0.05, 0) is 32.4 Å². The number of carbonyl (C=O) groups excluding carboxylic acids is 2. The largest absolute Gasteiger partial charge is 0.459 e. The number of ketones is 1. The van der Waals surface area contributed by atoms with Gasteiger partial charge >= 0.3 is 5.97 Å². The summed E-state index contributed by atoms with van der Waals surface area (Å²) in [4.78, 5) is 28.9. The smallest absolute Gasteiger partial charge is 0.306 e. The third kappa shape index (κ3) is 5.14. The van der Waals surface area contributed by atoms with Crippen molar-refractivity contribution < 1.29 is 14.3 Å². The molecule has 3 aromatic rings. The Morgan fingerprint density at radius 2 is 1.68 bits per heavy atom. The molecule has 2 aromatic carbocycles. The zero-order chi connectivity index (χ0) is 20.1. The van der Waals surface area contributed by atoms with Crippen molar-refractivity contribution in [2.24, 2.45) is 0 Å². The highest BCUT2D eigenvalue weighted by atomic mass is 32.1. The molecule has 4 nitrogen and oxygen atoms in total. The van der Waals surface area contributed by atoms with Gasteiger partial charge in [0.1, 0.15) is 11.6 Å². The van der Waals surface area contributed by atoms with Crippen LogP contribution in [0, 0.1) is 20.8 Å². The molecule has 0 bridgehead atoms. The number of Topliss-reactive ketones (excluding diaryl/α,β-unsaturated/α-hetero) is 1. The first-order valence-corrected chi connectivity index (χ1v) is 10.1. The van der Waals surface area contributed by atoms with Gasteiger partial charge in [0.25, 0.3) is 0 Å². The van der Waals surface area contributed by atoms with E-state index in [-0.39, 0.29) is 31.2 Å². The van der Waals surface area contributed by atoms with Crippen molar-refractivity contribution in [1.82, 2.24) is 4.98 Å². The van der Waals surface area contributed by atoms with Crippen molar-refractivity contribution in [2.45, 2.75) is 40.2 Å². The van der Waals surface area contributed by atoms with E-state index in [4.69, 9.17) is 4.74 Å². The predicted octanol–water partition coefficient (Wildman–Crippen LogP) is 5.44. The Labute approximate surface area is 169 Å². The van der Waals surface area contributed by atoms with E-state index in [0.717, 1.165) is 27.4 Å². The fourth-order valence-corrected chi connectivity index (χ4v) is 3.63. The Morgan fingerprint density at radius 3 is 2.43 bits per heavy atom. The van der Waals surface area contributed by atoms with Gasteiger partial charge in [0.05, 0.1) is 12.1 Å². The van der Waals surface area contributed by atoms with E-state index in [0.29, 0.717) is 5.56 Å². The fourth-order valence-electron chi connectivity index (χ4n) is 2.82. The molecule has 0 saturated heterocycles. The van der Waals surface area contributed by atoms with Crippen LogP contribution in [0.1, 0.15) is 45.6 Å². The van der Waals surface area contributed by atoms with E-state index in [2.05, 4.69) is 4.98 Å². The van der Waals surface area contributed by atoms with Crippen molar-refractivity contribution in [1.29, 1.82) is 0 Å². The van der Waals surface area contributed by atoms with Crippen molar-refractivity contribution in [3.63, 3.8) is 0 Å². The third-order valence-corrected chi connectivity index (χ3v) is 5.42. The molecule has 5 heteroatoms. The summed E-state index contributed by atoms with van der Waals surface area (Å²) in [6.07, 6.45) is 0.218. The maximum absolute atomic E-state index is 12.4. The first-order chi connectivity index (χ1) is 13.4. The molecule has 1 aromatic heterocycles. The van der Waals surface area contributed by atoms with Gasteiger partial charge < -0.3 is 4.74 Å². The molecule has 0 N–H and O–H groups in total. The van der Waals surface area contributed by atoms with Crippen molar-refractivity contribution in [3.8, 4) is 10.6 Å². The number of rotatable bonds is 7. The van der Waals surface area contributed by atoms with Crippen molar-refractivity contribution in [2.75, 3.05) is 0 Å². The first kappa shape index (κ1) is 20.0. The normalized spacial score (nSPS) is 10.7. The van der Waals surface area contributed by atoms with Crippen LogP contribution < -0.4 is 0 Å². The highest BCUT2D eigenvalue weighted by Crippen LogP contribution is 2.24. The molecule has 1 heterocycles. The average Bonchev–Trinajstić information content (AvgIpc) is 3.16. The summed E-state index contributed by atoms with van der Waals surface area (Å²) in [6, 6.07) is 13.9. The molecular formula is C23H23NO3S. The van der Waals surface area contributed by atoms with E-state index in [1.54, 1.807) is 0 Å². The summed E-state index contributed by atoms with van der Waals surface area (Å²) >= 11 is 1.52. The summed E-state index contributed by atoms with van der Waals surface area (Å²) < 4.78 is 5.29. The van der Waals surface area contributed by atoms with Gasteiger partial charge in [-0.15, -0.1) is 11.3 Å². The van der Waals surface area contributed by atoms with Crippen molar-refractivity contribution in [3.05, 3.63) is 75.8 Å². The molecular weight excluding hydrogens is 370 g/mol. The first-order valence-electron chi connectivity index (χ1n) is 9.20. The summed E-state index contributed by atoms with van der Waals surface area (Å²) in [5, 5.41) is 2.79. The van der Waals surface area contributed by atoms with Crippen LogP contribution in [0.3, 0.4) is 0 Å². The number of ether oxygens (including phenoxy) is 1. The topological polar surface area (TPSA) is 56.3 Å². The number of nitrogens with zero attached hydrogens (tertiary/aromatic N) is 1. The van der Waals surface area contributed by atoms with Crippen LogP contribution in [0.25, 0.3) is 10.6 Å². The fraction of sp³-hybridized carbons (Fsp3) is 0.261. The SMILES string of the molecule is Cc1ccc(-c2nc(COC(=O)CCC(=O)c3cc(C)ccc3C)cs2)cc1. The van der Waals surface area contributed by atoms with Gasteiger partial charge in [-0.2, -0.15) is 0 Å². The van der Waals surface area contributed by atoms with Crippen LogP contribution in [-0.4, -0.2) is 16.7 Å².